The Morgan fingerprint density at radius 1 is 0.589 bits per heavy atom. The Morgan fingerprint density at radius 3 is 1.82 bits per heavy atom. The zero-order valence-corrected chi connectivity index (χ0v) is 36.6. The Balaban J connectivity index is 1.69. The lowest BCUT2D eigenvalue weighted by atomic mass is 9.68. The molecule has 0 saturated heterocycles. The van der Waals surface area contributed by atoms with Gasteiger partial charge in [0.2, 0.25) is 0 Å². The van der Waals surface area contributed by atoms with Gasteiger partial charge in [-0.15, -0.1) is 0 Å². The molecule has 2 rings (SSSR count). The average molecular weight is 788 g/mol. The lowest BCUT2D eigenvalue weighted by molar-refractivity contribution is -0.154. The number of hydrogen-bond donors (Lipinski definition) is 0. The highest BCUT2D eigenvalue weighted by Gasteiger charge is 2.34. The molecule has 1 atom stereocenters. The van der Waals surface area contributed by atoms with Crippen LogP contribution in [-0.2, 0) is 28.5 Å². The highest BCUT2D eigenvalue weighted by molar-refractivity contribution is 5.72. The quantitative estimate of drug-likeness (QED) is 0.0288. The van der Waals surface area contributed by atoms with Crippen LogP contribution in [0.3, 0.4) is 0 Å². The molecule has 8 nitrogen and oxygen atoms in total. The number of carbonyl (C=O) groups is 3. The summed E-state index contributed by atoms with van der Waals surface area (Å²) in [5.41, 5.74) is 0. The van der Waals surface area contributed by atoms with Gasteiger partial charge < -0.3 is 23.8 Å². The predicted octanol–water partition coefficient (Wildman–Crippen LogP) is 12.6. The molecule has 0 aliphatic heterocycles. The van der Waals surface area contributed by atoms with Gasteiger partial charge in [0.05, 0.1) is 18.4 Å². The molecule has 0 bridgehead atoms. The van der Waals surface area contributed by atoms with Crippen LogP contribution in [0.2, 0.25) is 0 Å². The van der Waals surface area contributed by atoms with Crippen molar-refractivity contribution in [2.45, 2.75) is 188 Å². The van der Waals surface area contributed by atoms with Crippen LogP contribution in [0, 0.1) is 29.6 Å². The Bertz CT molecular complexity index is 1040. The number of ether oxygens (including phenoxy) is 4. The van der Waals surface area contributed by atoms with Crippen molar-refractivity contribution in [1.82, 2.24) is 4.90 Å². The fraction of sp³-hybridized carbons (Fsp3) is 0.854. The van der Waals surface area contributed by atoms with E-state index in [1.807, 2.05) is 0 Å². The monoisotopic (exact) mass is 788 g/mol. The van der Waals surface area contributed by atoms with Crippen LogP contribution in [0.25, 0.3) is 0 Å². The summed E-state index contributed by atoms with van der Waals surface area (Å²) < 4.78 is 22.1. The molecule has 0 heterocycles. The van der Waals surface area contributed by atoms with Crippen molar-refractivity contribution in [3.05, 3.63) is 24.3 Å². The van der Waals surface area contributed by atoms with E-state index in [-0.39, 0.29) is 44.3 Å². The minimum atomic E-state index is -0.745. The Labute approximate surface area is 343 Å². The molecule has 0 spiro atoms. The largest absolute Gasteiger partial charge is 0.508 e. The van der Waals surface area contributed by atoms with E-state index < -0.39 is 12.1 Å². The van der Waals surface area contributed by atoms with Crippen LogP contribution < -0.4 is 0 Å². The van der Waals surface area contributed by atoms with Gasteiger partial charge in [0, 0.05) is 13.0 Å². The molecule has 1 unspecified atom stereocenters. The third-order valence-corrected chi connectivity index (χ3v) is 12.3. The smallest absolute Gasteiger partial charge is 0.465 e. The van der Waals surface area contributed by atoms with Gasteiger partial charge in [-0.1, -0.05) is 123 Å². The van der Waals surface area contributed by atoms with E-state index in [1.54, 1.807) is 0 Å². The zero-order chi connectivity index (χ0) is 40.5. The standard InChI is InChI=1S/C48H85NO7/c1-5-9-11-12-13-14-15-16-17-18-19-20-21-22-24-27-46(50)54-38-42(40-56-48(52)53-37-25-36-49(7-3)8-4)39-55-47(51)45-34-32-44(33-35-45)43-30-28-41(29-31-43)26-23-10-6-2/h13-14,16-17,41-45H,5-12,15,18-40H2,1-4H3/b14-13-,17-16-/t41-,42?,43-,44-,45-. The Morgan fingerprint density at radius 2 is 1.16 bits per heavy atom. The minimum Gasteiger partial charge on any atom is -0.465 e. The minimum absolute atomic E-state index is 0.0347. The molecule has 0 radical (unpaired) electrons. The van der Waals surface area contributed by atoms with Gasteiger partial charge in [-0.3, -0.25) is 9.59 Å². The van der Waals surface area contributed by atoms with Crippen molar-refractivity contribution in [3.8, 4) is 0 Å². The number of unbranched alkanes of at least 4 members (excludes halogenated alkanes) is 10. The van der Waals surface area contributed by atoms with Crippen molar-refractivity contribution < 1.29 is 33.3 Å². The van der Waals surface area contributed by atoms with Gasteiger partial charge in [-0.05, 0) is 114 Å². The number of rotatable bonds is 32. The second kappa shape index (κ2) is 33.6. The summed E-state index contributed by atoms with van der Waals surface area (Å²) >= 11 is 0. The molecule has 0 amide bonds. The molecule has 2 saturated carbocycles. The maximum absolute atomic E-state index is 13.2. The predicted molar refractivity (Wildman–Crippen MR) is 230 cm³/mol. The third kappa shape index (κ3) is 24.4. The highest BCUT2D eigenvalue weighted by Crippen LogP contribution is 2.42. The molecular weight excluding hydrogens is 703 g/mol. The number of allylic oxidation sites excluding steroid dienone is 4. The molecule has 56 heavy (non-hydrogen) atoms. The molecule has 0 aromatic heterocycles. The summed E-state index contributed by atoms with van der Waals surface area (Å²) in [7, 11) is 0. The van der Waals surface area contributed by atoms with Crippen LogP contribution >= 0.6 is 0 Å². The van der Waals surface area contributed by atoms with Crippen molar-refractivity contribution in [2.75, 3.05) is 46.1 Å². The average Bonchev–Trinajstić information content (AvgIpc) is 3.22. The number of hydrogen-bond acceptors (Lipinski definition) is 8. The van der Waals surface area contributed by atoms with E-state index in [4.69, 9.17) is 18.9 Å². The van der Waals surface area contributed by atoms with Gasteiger partial charge in [0.1, 0.15) is 19.8 Å². The first-order valence-electron chi connectivity index (χ1n) is 23.5. The van der Waals surface area contributed by atoms with Gasteiger partial charge in [-0.2, -0.15) is 0 Å². The summed E-state index contributed by atoms with van der Waals surface area (Å²) in [5.74, 6) is 1.49. The molecule has 2 fully saturated rings. The van der Waals surface area contributed by atoms with Gasteiger partial charge in [0.25, 0.3) is 0 Å². The molecule has 324 valence electrons. The first-order valence-corrected chi connectivity index (χ1v) is 23.5. The van der Waals surface area contributed by atoms with Crippen molar-refractivity contribution in [1.29, 1.82) is 0 Å². The molecule has 0 aromatic carbocycles. The first kappa shape index (κ1) is 49.8. The summed E-state index contributed by atoms with van der Waals surface area (Å²) in [6.45, 7) is 11.8. The summed E-state index contributed by atoms with van der Waals surface area (Å²) in [6, 6.07) is 0. The topological polar surface area (TPSA) is 91.4 Å². The zero-order valence-electron chi connectivity index (χ0n) is 36.6. The fourth-order valence-corrected chi connectivity index (χ4v) is 8.49. The van der Waals surface area contributed by atoms with E-state index in [1.165, 1.54) is 83.5 Å². The second-order valence-electron chi connectivity index (χ2n) is 16.8. The van der Waals surface area contributed by atoms with Crippen LogP contribution in [0.4, 0.5) is 4.79 Å². The van der Waals surface area contributed by atoms with Crippen molar-refractivity contribution in [2.24, 2.45) is 29.6 Å². The molecule has 2 aliphatic carbocycles. The number of esters is 2. The van der Waals surface area contributed by atoms with E-state index in [2.05, 4.69) is 56.9 Å². The van der Waals surface area contributed by atoms with E-state index >= 15 is 0 Å². The summed E-state index contributed by atoms with van der Waals surface area (Å²) in [5, 5.41) is 0. The van der Waals surface area contributed by atoms with Crippen LogP contribution in [-0.4, -0.2) is 69.1 Å². The number of nitrogens with zero attached hydrogens (tertiary/aromatic N) is 1. The van der Waals surface area contributed by atoms with E-state index in [0.29, 0.717) is 6.42 Å². The van der Waals surface area contributed by atoms with Crippen molar-refractivity contribution in [3.63, 3.8) is 0 Å². The number of carbonyl (C=O) groups excluding carboxylic acids is 3. The summed E-state index contributed by atoms with van der Waals surface area (Å²) in [4.78, 5) is 40.5. The van der Waals surface area contributed by atoms with Crippen LogP contribution in [0.1, 0.15) is 188 Å². The Kier molecular flexibility index (Phi) is 29.9. The summed E-state index contributed by atoms with van der Waals surface area (Å²) in [6.07, 6.45) is 36.7. The second-order valence-corrected chi connectivity index (χ2v) is 16.8. The highest BCUT2D eigenvalue weighted by atomic mass is 16.7. The lowest BCUT2D eigenvalue weighted by Gasteiger charge is -2.37. The third-order valence-electron chi connectivity index (χ3n) is 12.3. The maximum atomic E-state index is 13.2. The van der Waals surface area contributed by atoms with Gasteiger partial charge in [0.15, 0.2) is 0 Å². The molecule has 0 N–H and O–H groups in total. The SMILES string of the molecule is CCCCC/C=C\C/C=C\CCCCCCCC(=O)OCC(COC(=O)OCCCN(CC)CC)COC(=O)[C@H]1CC[C@H]([C@H]2CC[C@H](CCCCC)CC2)CC1. The van der Waals surface area contributed by atoms with Gasteiger partial charge >= 0.3 is 18.1 Å². The van der Waals surface area contributed by atoms with E-state index in [0.717, 1.165) is 108 Å². The van der Waals surface area contributed by atoms with Crippen LogP contribution in [0.5, 0.6) is 0 Å². The Hall–Kier alpha value is -2.35. The maximum Gasteiger partial charge on any atom is 0.508 e. The molecule has 8 heteroatoms. The lowest BCUT2D eigenvalue weighted by Crippen LogP contribution is -2.31. The molecule has 0 aromatic rings. The van der Waals surface area contributed by atoms with Crippen molar-refractivity contribution >= 4 is 18.1 Å². The fourth-order valence-electron chi connectivity index (χ4n) is 8.49. The van der Waals surface area contributed by atoms with E-state index in [9.17, 15) is 14.4 Å². The van der Waals surface area contributed by atoms with Crippen LogP contribution in [0.15, 0.2) is 24.3 Å². The normalized spacial score (nSPS) is 20.7. The molecule has 2 aliphatic rings. The van der Waals surface area contributed by atoms with Gasteiger partial charge in [-0.25, -0.2) is 4.79 Å². The first-order chi connectivity index (χ1) is 27.4. The molecular formula is C48H85NO7.